The van der Waals surface area contributed by atoms with E-state index in [4.69, 9.17) is 0 Å². The molecule has 0 aromatic heterocycles. The molecular weight excluding hydrogens is 470 g/mol. The second-order valence-electron chi connectivity index (χ2n) is 9.72. The molecule has 10 nitrogen and oxygen atoms in total. The summed E-state index contributed by atoms with van der Waals surface area (Å²) in [5, 5.41) is 5.62. The normalized spacial score (nSPS) is 22.0. The smallest absolute Gasteiger partial charge is 0.329 e. The van der Waals surface area contributed by atoms with Gasteiger partial charge in [-0.2, -0.15) is 12.7 Å². The molecule has 0 spiro atoms. The van der Waals surface area contributed by atoms with Crippen molar-refractivity contribution in [3.05, 3.63) is 35.4 Å². The maximum Gasteiger partial charge on any atom is 0.329 e. The number of fused-ring (bicyclic) bond motifs is 1. The van der Waals surface area contributed by atoms with Crippen molar-refractivity contribution in [1.29, 1.82) is 0 Å². The van der Waals surface area contributed by atoms with E-state index >= 15 is 0 Å². The molecule has 1 aromatic rings. The topological polar surface area (TPSA) is 128 Å². The summed E-state index contributed by atoms with van der Waals surface area (Å²) in [7, 11) is -3.88. The Kier molecular flexibility index (Phi) is 7.95. The molecule has 3 N–H and O–H groups in total. The van der Waals surface area contributed by atoms with E-state index in [0.717, 1.165) is 37.7 Å². The van der Waals surface area contributed by atoms with Crippen molar-refractivity contribution in [2.45, 2.75) is 70.4 Å². The Morgan fingerprint density at radius 2 is 1.71 bits per heavy atom. The van der Waals surface area contributed by atoms with Crippen molar-refractivity contribution in [3.63, 3.8) is 0 Å². The highest BCUT2D eigenvalue weighted by Gasteiger charge is 2.38. The molecule has 1 saturated heterocycles. The van der Waals surface area contributed by atoms with E-state index in [-0.39, 0.29) is 23.9 Å². The van der Waals surface area contributed by atoms with E-state index in [9.17, 15) is 22.8 Å². The number of amides is 5. The summed E-state index contributed by atoms with van der Waals surface area (Å²) < 4.78 is 28.7. The van der Waals surface area contributed by atoms with Gasteiger partial charge in [-0.3, -0.25) is 9.69 Å². The first-order valence-electron chi connectivity index (χ1n) is 12.5. The third kappa shape index (κ3) is 5.95. The van der Waals surface area contributed by atoms with E-state index in [1.807, 2.05) is 19.1 Å². The van der Waals surface area contributed by atoms with Gasteiger partial charge in [0.05, 0.1) is 6.04 Å². The first-order valence-corrected chi connectivity index (χ1v) is 14.0. The number of piperidine rings is 1. The number of carbonyl (C=O) groups is 3. The van der Waals surface area contributed by atoms with E-state index in [0.29, 0.717) is 44.5 Å². The van der Waals surface area contributed by atoms with E-state index in [1.165, 1.54) is 9.21 Å². The minimum Gasteiger partial charge on any atom is -0.338 e. The highest BCUT2D eigenvalue weighted by molar-refractivity contribution is 7.87. The van der Waals surface area contributed by atoms with Gasteiger partial charge in [0, 0.05) is 31.2 Å². The second kappa shape index (κ2) is 10.9. The van der Waals surface area contributed by atoms with E-state index in [2.05, 4.69) is 15.4 Å². The van der Waals surface area contributed by atoms with Crippen LogP contribution in [0.2, 0.25) is 0 Å². The van der Waals surface area contributed by atoms with Gasteiger partial charge in [-0.25, -0.2) is 14.3 Å². The monoisotopic (exact) mass is 505 g/mol. The van der Waals surface area contributed by atoms with Gasteiger partial charge in [-0.15, -0.1) is 0 Å². The van der Waals surface area contributed by atoms with Crippen LogP contribution in [0.1, 0.15) is 80.3 Å². The zero-order valence-electron chi connectivity index (χ0n) is 20.2. The van der Waals surface area contributed by atoms with Crippen molar-refractivity contribution < 1.29 is 22.8 Å². The first-order chi connectivity index (χ1) is 16.8. The lowest BCUT2D eigenvalue weighted by atomic mass is 9.95. The van der Waals surface area contributed by atoms with Crippen LogP contribution in [0, 0.1) is 5.92 Å². The van der Waals surface area contributed by atoms with Crippen LogP contribution >= 0.6 is 0 Å². The molecule has 1 saturated carbocycles. The van der Waals surface area contributed by atoms with Gasteiger partial charge in [0.2, 0.25) is 0 Å². The summed E-state index contributed by atoms with van der Waals surface area (Å²) in [5.74, 6) is -0.0362. The maximum absolute atomic E-state index is 12.7. The molecule has 1 aromatic carbocycles. The molecule has 3 aliphatic rings. The summed E-state index contributed by atoms with van der Waals surface area (Å²) in [6.45, 7) is 2.89. The average molecular weight is 506 g/mol. The second-order valence-corrected chi connectivity index (χ2v) is 11.4. The Morgan fingerprint density at radius 1 is 1.03 bits per heavy atom. The minimum atomic E-state index is -3.88. The van der Waals surface area contributed by atoms with Crippen LogP contribution in [0.15, 0.2) is 24.3 Å². The lowest BCUT2D eigenvalue weighted by molar-refractivity contribution is 0.0789. The molecular formula is C24H35N5O5S. The fourth-order valence-corrected chi connectivity index (χ4v) is 6.43. The third-order valence-electron chi connectivity index (χ3n) is 7.37. The molecule has 2 aliphatic heterocycles. The molecule has 192 valence electrons. The SMILES string of the molecule is CC1c2ccccc2C(=O)N1C(=O)NCCC1CCN(S(=O)(=O)NC(=O)NC2CCCCC2)CC1. The van der Waals surface area contributed by atoms with Crippen molar-refractivity contribution >= 4 is 28.2 Å². The quantitative estimate of drug-likeness (QED) is 0.548. The van der Waals surface area contributed by atoms with E-state index in [1.54, 1.807) is 12.1 Å². The van der Waals surface area contributed by atoms with Crippen LogP contribution in [0.3, 0.4) is 0 Å². The molecule has 35 heavy (non-hydrogen) atoms. The Balaban J connectivity index is 1.18. The van der Waals surface area contributed by atoms with Crippen molar-refractivity contribution in [3.8, 4) is 0 Å². The Hall–Kier alpha value is -2.66. The summed E-state index contributed by atoms with van der Waals surface area (Å²) in [6, 6.07) is 5.90. The number of hydrogen-bond donors (Lipinski definition) is 3. The lowest BCUT2D eigenvalue weighted by Crippen LogP contribution is -2.51. The molecule has 5 amide bonds. The Bertz CT molecular complexity index is 1050. The van der Waals surface area contributed by atoms with Crippen LogP contribution in [-0.2, 0) is 10.2 Å². The van der Waals surface area contributed by atoms with Gasteiger partial charge < -0.3 is 10.6 Å². The van der Waals surface area contributed by atoms with Crippen LogP contribution in [-0.4, -0.2) is 61.3 Å². The molecule has 0 radical (unpaired) electrons. The molecule has 1 aliphatic carbocycles. The van der Waals surface area contributed by atoms with Gasteiger partial charge in [0.1, 0.15) is 0 Å². The molecule has 1 unspecified atom stereocenters. The number of nitrogens with one attached hydrogen (secondary N) is 3. The lowest BCUT2D eigenvalue weighted by Gasteiger charge is -2.31. The summed E-state index contributed by atoms with van der Waals surface area (Å²) >= 11 is 0. The third-order valence-corrected chi connectivity index (χ3v) is 8.86. The Labute approximate surface area is 207 Å². The minimum absolute atomic E-state index is 0.0351. The van der Waals surface area contributed by atoms with Gasteiger partial charge in [0.25, 0.3) is 5.91 Å². The van der Waals surface area contributed by atoms with Crippen LogP contribution in [0.25, 0.3) is 0 Å². The number of rotatable bonds is 6. The van der Waals surface area contributed by atoms with Gasteiger partial charge in [-0.05, 0) is 56.6 Å². The molecule has 1 atom stereocenters. The zero-order valence-corrected chi connectivity index (χ0v) is 21.0. The van der Waals surface area contributed by atoms with Crippen LogP contribution in [0.5, 0.6) is 0 Å². The molecule has 0 bridgehead atoms. The summed E-state index contributed by atoms with van der Waals surface area (Å²) in [5.41, 5.74) is 1.41. The first kappa shape index (κ1) is 25.4. The molecule has 2 heterocycles. The van der Waals surface area contributed by atoms with Gasteiger partial charge in [0.15, 0.2) is 0 Å². The summed E-state index contributed by atoms with van der Waals surface area (Å²) in [4.78, 5) is 38.7. The van der Waals surface area contributed by atoms with Gasteiger partial charge >= 0.3 is 22.3 Å². The maximum atomic E-state index is 12.7. The van der Waals surface area contributed by atoms with Gasteiger partial charge in [-0.1, -0.05) is 37.5 Å². The van der Waals surface area contributed by atoms with Crippen LogP contribution in [0.4, 0.5) is 9.59 Å². The zero-order chi connectivity index (χ0) is 25.0. The molecule has 2 fully saturated rings. The predicted octanol–water partition coefficient (Wildman–Crippen LogP) is 2.89. The predicted molar refractivity (Wildman–Crippen MR) is 131 cm³/mol. The number of benzene rings is 1. The largest absolute Gasteiger partial charge is 0.338 e. The number of carbonyl (C=O) groups excluding carboxylic acids is 3. The molecule has 4 rings (SSSR count). The van der Waals surface area contributed by atoms with Crippen molar-refractivity contribution in [2.24, 2.45) is 5.92 Å². The average Bonchev–Trinajstić information content (AvgIpc) is 3.10. The Morgan fingerprint density at radius 3 is 2.40 bits per heavy atom. The molecule has 11 heteroatoms. The number of urea groups is 2. The van der Waals surface area contributed by atoms with Crippen molar-refractivity contribution in [2.75, 3.05) is 19.6 Å². The fourth-order valence-electron chi connectivity index (χ4n) is 5.32. The number of imide groups is 1. The van der Waals surface area contributed by atoms with Crippen molar-refractivity contribution in [1.82, 2.24) is 24.6 Å². The van der Waals surface area contributed by atoms with Crippen LogP contribution < -0.4 is 15.4 Å². The standard InChI is InChI=1S/C24H35N5O5S/c1-17-20-9-5-6-10-21(20)22(30)29(17)24(32)25-14-11-18-12-15-28(16-13-18)35(33,34)27-23(31)26-19-7-3-2-4-8-19/h5-6,9-10,17-19H,2-4,7-8,11-16H2,1H3,(H,25,32)(H2,26,27,31). The summed E-state index contributed by atoms with van der Waals surface area (Å²) in [6.07, 6.45) is 7.00. The highest BCUT2D eigenvalue weighted by Crippen LogP contribution is 2.33. The van der Waals surface area contributed by atoms with E-state index < -0.39 is 22.3 Å². The number of nitrogens with zero attached hydrogens (tertiary/aromatic N) is 2. The fraction of sp³-hybridized carbons (Fsp3) is 0.625. The number of hydrogen-bond acceptors (Lipinski definition) is 5. The highest BCUT2D eigenvalue weighted by atomic mass is 32.2.